The van der Waals surface area contributed by atoms with Gasteiger partial charge in [-0.1, -0.05) is 12.2 Å². The molecule has 0 saturated heterocycles. The lowest BCUT2D eigenvalue weighted by molar-refractivity contribution is 0.244. The van der Waals surface area contributed by atoms with Gasteiger partial charge in [-0.25, -0.2) is 10.5 Å². The minimum Gasteiger partial charge on any atom is -0.396 e. The van der Waals surface area contributed by atoms with Crippen molar-refractivity contribution in [1.29, 1.82) is 0 Å². The normalized spacial score (nSPS) is 21.1. The van der Waals surface area contributed by atoms with Crippen molar-refractivity contribution in [1.82, 2.24) is 19.5 Å². The number of nitrogens with two attached hydrogens (primary N) is 1. The molecule has 0 amide bonds. The first-order valence-corrected chi connectivity index (χ1v) is 7.95. The summed E-state index contributed by atoms with van der Waals surface area (Å²) in [6.07, 6.45) is 6.01. The molecule has 0 bridgehead atoms. The fraction of sp³-hybridized carbons (Fsp3) is 0.364. The highest BCUT2D eigenvalue weighted by Gasteiger charge is 2.23. The van der Waals surface area contributed by atoms with Crippen LogP contribution >= 0.6 is 0 Å². The van der Waals surface area contributed by atoms with Gasteiger partial charge in [-0.3, -0.25) is 4.55 Å². The Morgan fingerprint density at radius 3 is 2.87 bits per heavy atom. The summed E-state index contributed by atoms with van der Waals surface area (Å²) in [5, 5.41) is 9.20. The van der Waals surface area contributed by atoms with Gasteiger partial charge in [-0.15, -0.1) is 4.28 Å². The van der Waals surface area contributed by atoms with Crippen molar-refractivity contribution in [3.8, 4) is 0 Å². The van der Waals surface area contributed by atoms with Gasteiger partial charge >= 0.3 is 10.4 Å². The zero-order valence-electron chi connectivity index (χ0n) is 11.7. The summed E-state index contributed by atoms with van der Waals surface area (Å²) in [5.74, 6) is -0.164. The molecular formula is C11H14N6O5S. The smallest absolute Gasteiger partial charge is 0.396 e. The van der Waals surface area contributed by atoms with E-state index in [-0.39, 0.29) is 35.8 Å². The van der Waals surface area contributed by atoms with Gasteiger partial charge in [0.05, 0.1) is 12.4 Å². The lowest BCUT2D eigenvalue weighted by atomic mass is 10.1. The number of hydrogen-bond acceptors (Lipinski definition) is 9. The zero-order valence-corrected chi connectivity index (χ0v) is 12.5. The monoisotopic (exact) mass is 342 g/mol. The molecule has 0 saturated carbocycles. The molecule has 0 radical (unpaired) electrons. The molecule has 0 spiro atoms. The predicted octanol–water partition coefficient (Wildman–Crippen LogP) is -0.336. The summed E-state index contributed by atoms with van der Waals surface area (Å²) < 4.78 is 35.7. The number of imidazole rings is 1. The number of allylic oxidation sites excluding steroid dienone is 1. The lowest BCUT2D eigenvalue weighted by Crippen LogP contribution is -2.13. The maximum atomic E-state index is 10.6. The van der Waals surface area contributed by atoms with Gasteiger partial charge in [0.2, 0.25) is 5.95 Å². The van der Waals surface area contributed by atoms with E-state index >= 15 is 0 Å². The van der Waals surface area contributed by atoms with E-state index in [0.717, 1.165) is 0 Å². The number of nitrogens with one attached hydrogen (secondary N) is 1. The summed E-state index contributed by atoms with van der Waals surface area (Å²) in [6, 6.07) is -0.0678. The molecule has 1 aliphatic rings. The van der Waals surface area contributed by atoms with Crippen molar-refractivity contribution in [2.24, 2.45) is 5.92 Å². The van der Waals surface area contributed by atoms with Crippen LogP contribution in [0, 0.1) is 5.92 Å². The average Bonchev–Trinajstić information content (AvgIpc) is 3.09. The number of rotatable bonds is 5. The van der Waals surface area contributed by atoms with Gasteiger partial charge in [-0.05, 0) is 6.42 Å². The molecular weight excluding hydrogens is 328 g/mol. The van der Waals surface area contributed by atoms with Gasteiger partial charge in [0.25, 0.3) is 0 Å². The van der Waals surface area contributed by atoms with Crippen molar-refractivity contribution in [2.45, 2.75) is 12.5 Å². The summed E-state index contributed by atoms with van der Waals surface area (Å²) >= 11 is 0. The van der Waals surface area contributed by atoms with Gasteiger partial charge in [-0.2, -0.15) is 18.4 Å². The molecule has 0 aliphatic heterocycles. The van der Waals surface area contributed by atoms with Crippen LogP contribution in [0.5, 0.6) is 0 Å². The number of nitrogen functional groups attached to an aromatic ring is 1. The zero-order chi connectivity index (χ0) is 16.6. The Kier molecular flexibility index (Phi) is 3.89. The van der Waals surface area contributed by atoms with E-state index in [4.69, 9.17) is 10.3 Å². The second-order valence-corrected chi connectivity index (χ2v) is 6.02. The SMILES string of the molecule is Nc1nc(NOS(=O)(=O)O)c2ncn([C@H]3C=C[C@@H](CO)C3)c2n1. The van der Waals surface area contributed by atoms with Crippen LogP contribution in [-0.2, 0) is 14.7 Å². The van der Waals surface area contributed by atoms with E-state index in [1.54, 1.807) is 4.57 Å². The first-order chi connectivity index (χ1) is 10.9. The molecule has 124 valence electrons. The van der Waals surface area contributed by atoms with Gasteiger partial charge in [0, 0.05) is 12.5 Å². The van der Waals surface area contributed by atoms with Gasteiger partial charge in [0.15, 0.2) is 17.0 Å². The van der Waals surface area contributed by atoms with Crippen molar-refractivity contribution in [3.63, 3.8) is 0 Å². The maximum Gasteiger partial charge on any atom is 0.418 e. The number of fused-ring (bicyclic) bond motifs is 1. The van der Waals surface area contributed by atoms with Crippen molar-refractivity contribution < 1.29 is 22.4 Å². The van der Waals surface area contributed by atoms with Crippen LogP contribution < -0.4 is 11.2 Å². The number of nitrogens with zero attached hydrogens (tertiary/aromatic N) is 4. The standard InChI is InChI=1S/C11H14N6O5S/c12-11-14-9(16-22-23(19,20)21)8-10(15-11)17(5-13-8)7-2-1-6(3-7)4-18/h1-2,5-7,18H,3-4H2,(H,19,20,21)(H3,12,14,15,16)/t6-,7+/m1/s1. The van der Waals surface area contributed by atoms with Crippen molar-refractivity contribution in [3.05, 3.63) is 18.5 Å². The third-order valence-electron chi connectivity index (χ3n) is 3.42. The molecule has 2 heterocycles. The third-order valence-corrected chi connectivity index (χ3v) is 3.72. The maximum absolute atomic E-state index is 10.6. The fourth-order valence-electron chi connectivity index (χ4n) is 2.43. The fourth-order valence-corrected chi connectivity index (χ4v) is 2.62. The van der Waals surface area contributed by atoms with E-state index in [1.165, 1.54) is 6.33 Å². The van der Waals surface area contributed by atoms with Crippen LogP contribution in [0.25, 0.3) is 11.2 Å². The van der Waals surface area contributed by atoms with Crippen molar-refractivity contribution >= 4 is 33.3 Å². The van der Waals surface area contributed by atoms with E-state index in [2.05, 4.69) is 19.2 Å². The van der Waals surface area contributed by atoms with Gasteiger partial charge < -0.3 is 15.4 Å². The van der Waals surface area contributed by atoms with E-state index in [9.17, 15) is 13.5 Å². The summed E-state index contributed by atoms with van der Waals surface area (Å²) in [7, 11) is -4.71. The van der Waals surface area contributed by atoms with E-state index in [0.29, 0.717) is 12.1 Å². The first-order valence-electron chi connectivity index (χ1n) is 6.58. The minimum atomic E-state index is -4.71. The highest BCUT2D eigenvalue weighted by atomic mass is 32.3. The number of aliphatic hydroxyl groups is 1. The number of anilines is 2. The largest absolute Gasteiger partial charge is 0.418 e. The summed E-state index contributed by atoms with van der Waals surface area (Å²) in [4.78, 5) is 12.0. The van der Waals surface area contributed by atoms with E-state index < -0.39 is 10.4 Å². The second kappa shape index (κ2) is 5.73. The Hall–Kier alpha value is -2.28. The van der Waals surface area contributed by atoms with Gasteiger partial charge in [0.1, 0.15) is 0 Å². The Morgan fingerprint density at radius 1 is 1.43 bits per heavy atom. The van der Waals surface area contributed by atoms with Crippen LogP contribution in [0.4, 0.5) is 11.8 Å². The van der Waals surface area contributed by atoms with Crippen LogP contribution in [-0.4, -0.2) is 44.2 Å². The topological polar surface area (TPSA) is 165 Å². The molecule has 1 aliphatic carbocycles. The third kappa shape index (κ3) is 3.24. The molecule has 5 N–H and O–H groups in total. The molecule has 3 rings (SSSR count). The first kappa shape index (κ1) is 15.6. The van der Waals surface area contributed by atoms with Crippen LogP contribution in [0.3, 0.4) is 0 Å². The number of aliphatic hydroxyl groups excluding tert-OH is 1. The lowest BCUT2D eigenvalue weighted by Gasteiger charge is -2.13. The molecule has 0 fully saturated rings. The quantitative estimate of drug-likeness (QED) is 0.321. The summed E-state index contributed by atoms with van der Waals surface area (Å²) in [6.45, 7) is 0.0474. The average molecular weight is 342 g/mol. The molecule has 2 atom stereocenters. The van der Waals surface area contributed by atoms with E-state index in [1.807, 2.05) is 17.6 Å². The molecule has 0 unspecified atom stereocenters. The minimum absolute atomic E-state index is 0.0474. The molecule has 2 aromatic heterocycles. The summed E-state index contributed by atoms with van der Waals surface area (Å²) in [5.41, 5.74) is 8.20. The molecule has 12 heteroatoms. The molecule has 0 aromatic carbocycles. The Labute approximate surface area is 130 Å². The number of aromatic nitrogens is 4. The van der Waals surface area contributed by atoms with Crippen LogP contribution in [0.1, 0.15) is 12.5 Å². The Bertz CT molecular complexity index is 863. The van der Waals surface area contributed by atoms with Crippen molar-refractivity contribution in [2.75, 3.05) is 17.8 Å². The highest BCUT2D eigenvalue weighted by Crippen LogP contribution is 2.31. The second-order valence-electron chi connectivity index (χ2n) is 5.00. The molecule has 23 heavy (non-hydrogen) atoms. The Balaban J connectivity index is 1.97. The Morgan fingerprint density at radius 2 is 2.22 bits per heavy atom. The molecule has 2 aromatic rings. The highest BCUT2D eigenvalue weighted by molar-refractivity contribution is 7.80. The van der Waals surface area contributed by atoms with Crippen LogP contribution in [0.2, 0.25) is 0 Å². The molecule has 11 nitrogen and oxygen atoms in total. The predicted molar refractivity (Wildman–Crippen MR) is 79.4 cm³/mol. The number of hydrogen-bond donors (Lipinski definition) is 4. The van der Waals surface area contributed by atoms with Crippen LogP contribution in [0.15, 0.2) is 18.5 Å².